The zero-order valence-electron chi connectivity index (χ0n) is 12.5. The number of furan rings is 1. The molecule has 7 nitrogen and oxygen atoms in total. The van der Waals surface area contributed by atoms with Gasteiger partial charge in [-0.2, -0.15) is 8.42 Å². The van der Waals surface area contributed by atoms with Crippen LogP contribution in [0, 0.1) is 0 Å². The van der Waals surface area contributed by atoms with Gasteiger partial charge in [0.05, 0.1) is 12.8 Å². The first kappa shape index (κ1) is 15.9. The molecule has 0 fully saturated rings. The van der Waals surface area contributed by atoms with E-state index in [0.29, 0.717) is 11.0 Å². The van der Waals surface area contributed by atoms with Gasteiger partial charge in [-0.15, -0.1) is 0 Å². The van der Waals surface area contributed by atoms with Gasteiger partial charge < -0.3 is 14.3 Å². The maximum absolute atomic E-state index is 12.4. The average Bonchev–Trinajstić information content (AvgIpc) is 2.99. The van der Waals surface area contributed by atoms with Crippen molar-refractivity contribution >= 4 is 32.6 Å². The van der Waals surface area contributed by atoms with E-state index in [1.54, 1.807) is 24.3 Å². The van der Waals surface area contributed by atoms with Gasteiger partial charge in [0.2, 0.25) is 5.09 Å². The summed E-state index contributed by atoms with van der Waals surface area (Å²) < 4.78 is 37.5. The molecule has 2 aromatic carbocycles. The number of hydrogen-bond acceptors (Lipinski definition) is 5. The fourth-order valence-electron chi connectivity index (χ4n) is 2.23. The number of rotatable bonds is 5. The molecule has 0 saturated heterocycles. The maximum atomic E-state index is 12.4. The number of para-hydroxylation sites is 1. The van der Waals surface area contributed by atoms with Gasteiger partial charge in [-0.1, -0.05) is 18.2 Å². The SMILES string of the molecule is COc1cc(NS(=O)(=O)c2cc3ccccc3o2)ccc1C(=O)O. The van der Waals surface area contributed by atoms with Crippen LogP contribution in [0.5, 0.6) is 5.75 Å². The average molecular weight is 347 g/mol. The van der Waals surface area contributed by atoms with Crippen molar-refractivity contribution in [2.45, 2.75) is 5.09 Å². The van der Waals surface area contributed by atoms with Crippen molar-refractivity contribution in [3.63, 3.8) is 0 Å². The Morgan fingerprint density at radius 3 is 2.58 bits per heavy atom. The van der Waals surface area contributed by atoms with Crippen molar-refractivity contribution in [1.29, 1.82) is 0 Å². The summed E-state index contributed by atoms with van der Waals surface area (Å²) >= 11 is 0. The van der Waals surface area contributed by atoms with Gasteiger partial charge in [0.1, 0.15) is 16.9 Å². The van der Waals surface area contributed by atoms with Crippen molar-refractivity contribution in [3.8, 4) is 5.75 Å². The first-order valence-electron chi connectivity index (χ1n) is 6.83. The van der Waals surface area contributed by atoms with Crippen molar-refractivity contribution < 1.29 is 27.5 Å². The fraction of sp³-hybridized carbons (Fsp3) is 0.0625. The van der Waals surface area contributed by atoms with E-state index in [9.17, 15) is 13.2 Å². The third-order valence-corrected chi connectivity index (χ3v) is 4.59. The van der Waals surface area contributed by atoms with E-state index in [4.69, 9.17) is 14.3 Å². The Morgan fingerprint density at radius 2 is 1.92 bits per heavy atom. The minimum atomic E-state index is -3.95. The summed E-state index contributed by atoms with van der Waals surface area (Å²) in [5.41, 5.74) is 0.554. The molecule has 0 unspecified atom stereocenters. The summed E-state index contributed by atoms with van der Waals surface area (Å²) in [5, 5.41) is 9.48. The quantitative estimate of drug-likeness (QED) is 0.735. The van der Waals surface area contributed by atoms with Gasteiger partial charge in [-0.25, -0.2) is 4.79 Å². The van der Waals surface area contributed by atoms with E-state index in [1.165, 1.54) is 31.4 Å². The van der Waals surface area contributed by atoms with Gasteiger partial charge in [0.15, 0.2) is 0 Å². The number of nitrogens with one attached hydrogen (secondary N) is 1. The highest BCUT2D eigenvalue weighted by Gasteiger charge is 2.21. The number of carboxylic acid groups (broad SMARTS) is 1. The number of sulfonamides is 1. The molecule has 24 heavy (non-hydrogen) atoms. The Labute approximate surface area is 137 Å². The predicted molar refractivity (Wildman–Crippen MR) is 87.0 cm³/mol. The lowest BCUT2D eigenvalue weighted by atomic mass is 10.2. The number of fused-ring (bicyclic) bond motifs is 1. The highest BCUT2D eigenvalue weighted by atomic mass is 32.2. The van der Waals surface area contributed by atoms with Crippen LogP contribution in [-0.2, 0) is 10.0 Å². The van der Waals surface area contributed by atoms with Gasteiger partial charge in [-0.3, -0.25) is 4.72 Å². The molecule has 1 heterocycles. The summed E-state index contributed by atoms with van der Waals surface area (Å²) in [6.07, 6.45) is 0. The molecule has 1 aromatic heterocycles. The third-order valence-electron chi connectivity index (χ3n) is 3.35. The minimum Gasteiger partial charge on any atom is -0.496 e. The van der Waals surface area contributed by atoms with E-state index in [0.717, 1.165) is 0 Å². The topological polar surface area (TPSA) is 106 Å². The molecule has 0 spiro atoms. The van der Waals surface area contributed by atoms with E-state index >= 15 is 0 Å². The summed E-state index contributed by atoms with van der Waals surface area (Å²) in [5.74, 6) is -1.12. The zero-order chi connectivity index (χ0) is 17.3. The van der Waals surface area contributed by atoms with Crippen LogP contribution in [0.15, 0.2) is 58.0 Å². The largest absolute Gasteiger partial charge is 0.496 e. The number of anilines is 1. The van der Waals surface area contributed by atoms with Crippen LogP contribution in [0.25, 0.3) is 11.0 Å². The second-order valence-corrected chi connectivity index (χ2v) is 6.54. The Kier molecular flexibility index (Phi) is 3.90. The molecule has 0 amide bonds. The first-order chi connectivity index (χ1) is 11.4. The molecular weight excluding hydrogens is 334 g/mol. The van der Waals surface area contributed by atoms with Gasteiger partial charge >= 0.3 is 5.97 Å². The Balaban J connectivity index is 1.95. The molecule has 2 N–H and O–H groups in total. The van der Waals surface area contributed by atoms with Crippen molar-refractivity contribution in [1.82, 2.24) is 0 Å². The number of carbonyl (C=O) groups is 1. The van der Waals surface area contributed by atoms with Crippen molar-refractivity contribution in [2.75, 3.05) is 11.8 Å². The van der Waals surface area contributed by atoms with E-state index in [1.807, 2.05) is 0 Å². The molecule has 0 radical (unpaired) electrons. The van der Waals surface area contributed by atoms with Crippen LogP contribution >= 0.6 is 0 Å². The normalized spacial score (nSPS) is 11.4. The number of methoxy groups -OCH3 is 1. The molecule has 3 rings (SSSR count). The van der Waals surface area contributed by atoms with Gasteiger partial charge in [-0.05, 0) is 18.2 Å². The van der Waals surface area contributed by atoms with E-state index in [2.05, 4.69) is 4.72 Å². The second-order valence-electron chi connectivity index (χ2n) is 4.93. The molecule has 0 saturated carbocycles. The Morgan fingerprint density at radius 1 is 1.17 bits per heavy atom. The fourth-order valence-corrected chi connectivity index (χ4v) is 3.25. The van der Waals surface area contributed by atoms with Crippen LogP contribution in [0.1, 0.15) is 10.4 Å². The molecule has 124 valence electrons. The van der Waals surface area contributed by atoms with Crippen molar-refractivity contribution in [2.24, 2.45) is 0 Å². The zero-order valence-corrected chi connectivity index (χ0v) is 13.3. The predicted octanol–water partition coefficient (Wildman–Crippen LogP) is 2.94. The van der Waals surface area contributed by atoms with Gasteiger partial charge in [0, 0.05) is 17.5 Å². The maximum Gasteiger partial charge on any atom is 0.339 e. The summed E-state index contributed by atoms with van der Waals surface area (Å²) in [7, 11) is -2.65. The molecule has 8 heteroatoms. The number of hydrogen-bond donors (Lipinski definition) is 2. The molecule has 3 aromatic rings. The lowest BCUT2D eigenvalue weighted by Gasteiger charge is -2.09. The van der Waals surface area contributed by atoms with Crippen LogP contribution in [-0.4, -0.2) is 26.6 Å². The highest BCUT2D eigenvalue weighted by molar-refractivity contribution is 7.92. The second kappa shape index (κ2) is 5.89. The number of ether oxygens (including phenoxy) is 1. The standard InChI is InChI=1S/C16H13NO6S/c1-22-14-9-11(6-7-12(14)16(18)19)17-24(20,21)15-8-10-4-2-3-5-13(10)23-15/h2-9,17H,1H3,(H,18,19). The van der Waals surface area contributed by atoms with Crippen LogP contribution in [0.2, 0.25) is 0 Å². The lowest BCUT2D eigenvalue weighted by molar-refractivity contribution is 0.0693. The number of aromatic carboxylic acids is 1. The third kappa shape index (κ3) is 2.91. The number of benzene rings is 2. The van der Waals surface area contributed by atoms with Crippen molar-refractivity contribution in [3.05, 3.63) is 54.1 Å². The first-order valence-corrected chi connectivity index (χ1v) is 8.32. The van der Waals surface area contributed by atoms with Crippen LogP contribution in [0.4, 0.5) is 5.69 Å². The Hall–Kier alpha value is -3.00. The molecule has 0 aliphatic rings. The monoisotopic (exact) mass is 347 g/mol. The molecule has 0 aliphatic carbocycles. The smallest absolute Gasteiger partial charge is 0.339 e. The minimum absolute atomic E-state index is 0.0484. The molecule has 0 atom stereocenters. The van der Waals surface area contributed by atoms with Gasteiger partial charge in [0.25, 0.3) is 10.0 Å². The highest BCUT2D eigenvalue weighted by Crippen LogP contribution is 2.27. The van der Waals surface area contributed by atoms with E-state index in [-0.39, 0.29) is 22.1 Å². The molecule has 0 bridgehead atoms. The number of carboxylic acids is 1. The lowest BCUT2D eigenvalue weighted by Crippen LogP contribution is -2.12. The summed E-state index contributed by atoms with van der Waals surface area (Å²) in [6, 6.07) is 12.2. The van der Waals surface area contributed by atoms with Crippen LogP contribution < -0.4 is 9.46 Å². The molecule has 0 aliphatic heterocycles. The molecular formula is C16H13NO6S. The Bertz CT molecular complexity index is 989. The summed E-state index contributed by atoms with van der Waals surface area (Å²) in [6.45, 7) is 0. The van der Waals surface area contributed by atoms with E-state index < -0.39 is 16.0 Å². The summed E-state index contributed by atoms with van der Waals surface area (Å²) in [4.78, 5) is 11.1. The van der Waals surface area contributed by atoms with Crippen LogP contribution in [0.3, 0.4) is 0 Å².